The van der Waals surface area contributed by atoms with Gasteiger partial charge in [0.25, 0.3) is 0 Å². The van der Waals surface area contributed by atoms with Crippen molar-refractivity contribution in [1.29, 1.82) is 0 Å². The molecule has 2 aromatic heterocycles. The van der Waals surface area contributed by atoms with Crippen LogP contribution in [0.3, 0.4) is 0 Å². The molecule has 0 spiro atoms. The van der Waals surface area contributed by atoms with Gasteiger partial charge in [-0.05, 0) is 50.2 Å². The molecule has 0 bridgehead atoms. The number of aliphatic hydroxyl groups excluding tert-OH is 1. The van der Waals surface area contributed by atoms with Crippen molar-refractivity contribution in [2.24, 2.45) is 10.8 Å². The van der Waals surface area contributed by atoms with Gasteiger partial charge in [-0.1, -0.05) is 97.5 Å². The maximum Gasteiger partial charge on any atom is 0.164 e. The average Bonchev–Trinajstić information content (AvgIpc) is 3.34. The molecule has 0 aliphatic heterocycles. The summed E-state index contributed by atoms with van der Waals surface area (Å²) in [6.45, 7) is 21.0. The fraction of sp³-hybridized carbons (Fsp3) is 0.459. The molecule has 1 N–H and O–H groups in total. The van der Waals surface area contributed by atoms with Gasteiger partial charge in [-0.25, -0.2) is 0 Å². The van der Waals surface area contributed by atoms with Gasteiger partial charge in [0, 0.05) is 47.6 Å². The van der Waals surface area contributed by atoms with E-state index in [1.165, 1.54) is 26.6 Å². The Kier molecular flexibility index (Phi) is 12.3. The molecule has 3 nitrogen and oxygen atoms in total. The van der Waals surface area contributed by atoms with E-state index in [0.29, 0.717) is 0 Å². The van der Waals surface area contributed by atoms with E-state index in [0.717, 1.165) is 47.8 Å². The first kappa shape index (κ1) is 35.9. The van der Waals surface area contributed by atoms with E-state index in [4.69, 9.17) is 4.98 Å². The van der Waals surface area contributed by atoms with E-state index < -0.39 is 0 Å². The van der Waals surface area contributed by atoms with Gasteiger partial charge in [-0.3, -0.25) is 9.78 Å². The summed E-state index contributed by atoms with van der Waals surface area (Å²) in [5, 5.41) is 12.6. The second-order valence-corrected chi connectivity index (χ2v) is 14.0. The maximum absolute atomic E-state index is 12.2. The van der Waals surface area contributed by atoms with E-state index in [2.05, 4.69) is 82.3 Å². The second-order valence-electron chi connectivity index (χ2n) is 12.8. The van der Waals surface area contributed by atoms with Crippen molar-refractivity contribution in [1.82, 2.24) is 4.98 Å². The van der Waals surface area contributed by atoms with Crippen LogP contribution < -0.4 is 0 Å². The van der Waals surface area contributed by atoms with Crippen molar-refractivity contribution in [3.05, 3.63) is 76.9 Å². The number of aromatic nitrogens is 1. The quantitative estimate of drug-likeness (QED) is 0.110. The Labute approximate surface area is 271 Å². The fourth-order valence-corrected chi connectivity index (χ4v) is 5.73. The Bertz CT molecular complexity index is 1530. The first-order valence-corrected chi connectivity index (χ1v) is 15.8. The molecule has 2 aromatic carbocycles. The van der Waals surface area contributed by atoms with Crippen LogP contribution >= 0.6 is 11.3 Å². The summed E-state index contributed by atoms with van der Waals surface area (Å²) in [6, 6.07) is 20.8. The number of allylic oxidation sites excluding steroid dienone is 2. The number of benzene rings is 2. The molecule has 0 saturated heterocycles. The molecule has 0 atom stereocenters. The minimum atomic E-state index is -0.337. The second kappa shape index (κ2) is 14.4. The monoisotopic (exact) mass is 763 g/mol. The third-order valence-electron chi connectivity index (χ3n) is 8.96. The molecular formula is C37H48IrNO2S-. The molecule has 1 radical (unpaired) electrons. The van der Waals surface area contributed by atoms with Gasteiger partial charge in [-0.15, -0.1) is 40.5 Å². The first-order chi connectivity index (χ1) is 19.2. The number of carbonyl (C=O) groups is 1. The third-order valence-corrected chi connectivity index (χ3v) is 9.96. The van der Waals surface area contributed by atoms with Gasteiger partial charge in [0.1, 0.15) is 5.76 Å². The van der Waals surface area contributed by atoms with Crippen molar-refractivity contribution in [2.45, 2.75) is 100 Å². The maximum atomic E-state index is 12.2. The molecule has 0 fully saturated rings. The molecular weight excluding hydrogens is 715 g/mol. The van der Waals surface area contributed by atoms with Crippen molar-refractivity contribution < 1.29 is 30.0 Å². The van der Waals surface area contributed by atoms with Crippen LogP contribution in [0.5, 0.6) is 0 Å². The number of rotatable bonds is 8. The predicted octanol–water partition coefficient (Wildman–Crippen LogP) is 11.2. The van der Waals surface area contributed by atoms with Crippen molar-refractivity contribution >= 4 is 38.1 Å². The summed E-state index contributed by atoms with van der Waals surface area (Å²) < 4.78 is 1.24. The number of aryl methyl sites for hydroxylation is 1. The van der Waals surface area contributed by atoms with E-state index >= 15 is 0 Å². The van der Waals surface area contributed by atoms with Crippen LogP contribution in [0.25, 0.3) is 32.2 Å². The summed E-state index contributed by atoms with van der Waals surface area (Å²) in [6.07, 6.45) is 4.75. The van der Waals surface area contributed by atoms with E-state index in [1.807, 2.05) is 41.5 Å². The number of hydrogen-bond donors (Lipinski definition) is 1. The van der Waals surface area contributed by atoms with Gasteiger partial charge in [-0.2, -0.15) is 0 Å². The van der Waals surface area contributed by atoms with Crippen LogP contribution in [-0.4, -0.2) is 15.9 Å². The minimum Gasteiger partial charge on any atom is -0.512 e. The number of fused-ring (bicyclic) bond motifs is 2. The number of ketones is 1. The van der Waals surface area contributed by atoms with E-state index in [9.17, 15) is 9.90 Å². The van der Waals surface area contributed by atoms with Gasteiger partial charge in [0.15, 0.2) is 5.78 Å². The smallest absolute Gasteiger partial charge is 0.164 e. The fourth-order valence-electron chi connectivity index (χ4n) is 4.87. The van der Waals surface area contributed by atoms with Gasteiger partial charge >= 0.3 is 0 Å². The minimum absolute atomic E-state index is 0. The molecule has 42 heavy (non-hydrogen) atoms. The van der Waals surface area contributed by atoms with Crippen LogP contribution in [0.15, 0.2) is 60.4 Å². The van der Waals surface area contributed by atoms with Crippen LogP contribution in [0, 0.1) is 23.8 Å². The normalized spacial score (nSPS) is 12.6. The molecule has 4 rings (SSSR count). The van der Waals surface area contributed by atoms with E-state index in [-0.39, 0.29) is 47.9 Å². The summed E-state index contributed by atoms with van der Waals surface area (Å²) in [7, 11) is 0. The Balaban J connectivity index is 0.000000307. The van der Waals surface area contributed by atoms with Gasteiger partial charge in [0.05, 0.1) is 10.2 Å². The standard InChI is InChI=1S/C22H20NS.C15H28O2.Ir/c1-14-11-20-21(24-14)10-9-19(23-20)16-12-15-7-5-6-8-17(15)18(13-16)22(2,3)4;1-7-14(5,8-2)12(16)11-13(17)15(6,9-3)10-4;/h5-11,13H,1-4H3;11,16H,7-10H2,1-6H3;/q-1;;/b;12-11-;. The SMILES string of the molecule is CCC(C)(CC)C(=O)/C=C(\O)C(C)(CC)CC.Cc1cc2nc(-c3[c-]c4ccccc4c(C(C)(C)C)c3)ccc2s1.[Ir]. The molecule has 0 aliphatic carbocycles. The topological polar surface area (TPSA) is 50.2 Å². The van der Waals surface area contributed by atoms with Crippen LogP contribution in [0.4, 0.5) is 0 Å². The predicted molar refractivity (Wildman–Crippen MR) is 178 cm³/mol. The number of pyridine rings is 1. The molecule has 0 unspecified atom stereocenters. The van der Waals surface area contributed by atoms with Crippen molar-refractivity contribution in [2.75, 3.05) is 0 Å². The van der Waals surface area contributed by atoms with Gasteiger partial charge in [0.2, 0.25) is 0 Å². The molecule has 0 amide bonds. The number of hydrogen-bond acceptors (Lipinski definition) is 4. The Hall–Kier alpha value is -2.33. The van der Waals surface area contributed by atoms with Crippen LogP contribution in [0.2, 0.25) is 0 Å². The summed E-state index contributed by atoms with van der Waals surface area (Å²) in [5.41, 5.74) is 3.96. The number of carbonyl (C=O) groups excluding carboxylic acids is 1. The Morgan fingerprint density at radius 3 is 2.07 bits per heavy atom. The first-order valence-electron chi connectivity index (χ1n) is 15.0. The van der Waals surface area contributed by atoms with Crippen LogP contribution in [0.1, 0.15) is 98.4 Å². The summed E-state index contributed by atoms with van der Waals surface area (Å²) >= 11 is 1.79. The molecule has 0 aliphatic rings. The summed E-state index contributed by atoms with van der Waals surface area (Å²) in [4.78, 5) is 18.4. The zero-order valence-corrected chi connectivity index (χ0v) is 30.3. The zero-order chi connectivity index (χ0) is 30.6. The zero-order valence-electron chi connectivity index (χ0n) is 27.1. The molecule has 229 valence electrons. The molecule has 5 heteroatoms. The number of nitrogens with zero attached hydrogens (tertiary/aromatic N) is 1. The van der Waals surface area contributed by atoms with E-state index in [1.54, 1.807) is 11.3 Å². The Morgan fingerprint density at radius 1 is 0.905 bits per heavy atom. The largest absolute Gasteiger partial charge is 0.512 e. The van der Waals surface area contributed by atoms with Crippen molar-refractivity contribution in [3.8, 4) is 11.3 Å². The molecule has 2 heterocycles. The van der Waals surface area contributed by atoms with Crippen molar-refractivity contribution in [3.63, 3.8) is 0 Å². The molecule has 0 saturated carbocycles. The van der Waals surface area contributed by atoms with Crippen LogP contribution in [-0.2, 0) is 30.3 Å². The molecule has 4 aromatic rings. The van der Waals surface area contributed by atoms with Gasteiger partial charge < -0.3 is 5.11 Å². The Morgan fingerprint density at radius 2 is 1.50 bits per heavy atom. The number of thiophene rings is 1. The summed E-state index contributed by atoms with van der Waals surface area (Å²) in [5.74, 6) is 0.286. The third kappa shape index (κ3) is 7.98. The number of aliphatic hydroxyl groups is 1. The average molecular weight is 763 g/mol.